The number of hydrogen-bond acceptors (Lipinski definition) is 5. The molecule has 0 aliphatic rings. The zero-order chi connectivity index (χ0) is 8.27. The molecule has 1 aromatic rings. The first-order valence-corrected chi connectivity index (χ1v) is 3.98. The Labute approximate surface area is 68.6 Å². The number of aromatic nitrogens is 1. The molecule has 4 nitrogen and oxygen atoms in total. The molecule has 0 aromatic carbocycles. The monoisotopic (exact) mass is 171 g/mol. The summed E-state index contributed by atoms with van der Waals surface area (Å²) < 4.78 is 0. The lowest BCUT2D eigenvalue weighted by atomic mass is 10.5. The van der Waals surface area contributed by atoms with Gasteiger partial charge in [-0.05, 0) is 13.8 Å². The zero-order valence-corrected chi connectivity index (χ0v) is 7.14. The van der Waals surface area contributed by atoms with Crippen molar-refractivity contribution in [3.8, 4) is 5.88 Å². The number of hydrogen-bond donors (Lipinski definition) is 2. The third kappa shape index (κ3) is 2.55. The summed E-state index contributed by atoms with van der Waals surface area (Å²) >= 11 is 1.31. The predicted molar refractivity (Wildman–Crippen MR) is 46.2 cm³/mol. The van der Waals surface area contributed by atoms with Crippen molar-refractivity contribution < 1.29 is 5.11 Å². The number of hydrazone groups is 1. The average Bonchev–Trinajstić information content (AvgIpc) is 2.31. The van der Waals surface area contributed by atoms with Crippen molar-refractivity contribution >= 4 is 22.2 Å². The minimum absolute atomic E-state index is 0.0291. The molecule has 11 heavy (non-hydrogen) atoms. The summed E-state index contributed by atoms with van der Waals surface area (Å²) in [6.45, 7) is 3.75. The number of anilines is 1. The van der Waals surface area contributed by atoms with E-state index in [4.69, 9.17) is 5.11 Å². The van der Waals surface area contributed by atoms with Crippen LogP contribution in [0.5, 0.6) is 5.88 Å². The molecule has 0 aliphatic heterocycles. The van der Waals surface area contributed by atoms with E-state index in [0.717, 1.165) is 5.71 Å². The van der Waals surface area contributed by atoms with E-state index in [-0.39, 0.29) is 5.88 Å². The molecule has 0 aliphatic carbocycles. The molecule has 0 unspecified atom stereocenters. The lowest BCUT2D eigenvalue weighted by molar-refractivity contribution is 0.458. The van der Waals surface area contributed by atoms with Crippen molar-refractivity contribution in [3.05, 3.63) is 5.38 Å². The average molecular weight is 171 g/mol. The van der Waals surface area contributed by atoms with Crippen LogP contribution < -0.4 is 5.43 Å². The van der Waals surface area contributed by atoms with E-state index in [1.54, 1.807) is 5.38 Å². The lowest BCUT2D eigenvalue weighted by Crippen LogP contribution is -1.91. The third-order valence-corrected chi connectivity index (χ3v) is 1.60. The Morgan fingerprint density at radius 2 is 2.45 bits per heavy atom. The van der Waals surface area contributed by atoms with Gasteiger partial charge in [0.05, 0.1) is 5.38 Å². The Bertz CT molecular complexity index is 265. The second kappa shape index (κ2) is 3.34. The number of nitrogens with one attached hydrogen (secondary N) is 1. The van der Waals surface area contributed by atoms with Crippen LogP contribution in [0.2, 0.25) is 0 Å². The number of thiazole rings is 1. The molecule has 1 aromatic heterocycles. The van der Waals surface area contributed by atoms with Crippen LogP contribution in [0.4, 0.5) is 5.13 Å². The third-order valence-electron chi connectivity index (χ3n) is 0.867. The smallest absolute Gasteiger partial charge is 0.223 e. The normalized spacial score (nSPS) is 9.27. The summed E-state index contributed by atoms with van der Waals surface area (Å²) in [5.41, 5.74) is 3.62. The van der Waals surface area contributed by atoms with Crippen molar-refractivity contribution in [1.82, 2.24) is 4.98 Å². The summed E-state index contributed by atoms with van der Waals surface area (Å²) in [5, 5.41) is 14.9. The molecular weight excluding hydrogens is 162 g/mol. The highest BCUT2D eigenvalue weighted by molar-refractivity contribution is 7.13. The van der Waals surface area contributed by atoms with Gasteiger partial charge in [0.1, 0.15) is 0 Å². The highest BCUT2D eigenvalue weighted by Gasteiger charge is 1.96. The van der Waals surface area contributed by atoms with Crippen molar-refractivity contribution in [1.29, 1.82) is 0 Å². The molecule has 0 fully saturated rings. The fourth-order valence-electron chi connectivity index (χ4n) is 0.476. The van der Waals surface area contributed by atoms with Crippen LogP contribution in [0, 0.1) is 0 Å². The molecule has 0 saturated heterocycles. The van der Waals surface area contributed by atoms with Gasteiger partial charge < -0.3 is 5.11 Å². The maximum atomic E-state index is 8.83. The van der Waals surface area contributed by atoms with Gasteiger partial charge in [0.15, 0.2) is 0 Å². The topological polar surface area (TPSA) is 57.5 Å². The Hall–Kier alpha value is -1.10. The van der Waals surface area contributed by atoms with E-state index in [1.807, 2.05) is 13.8 Å². The Balaban J connectivity index is 2.58. The van der Waals surface area contributed by atoms with Gasteiger partial charge in [-0.2, -0.15) is 10.1 Å². The van der Waals surface area contributed by atoms with E-state index < -0.39 is 0 Å². The molecule has 1 heterocycles. The maximum absolute atomic E-state index is 8.83. The molecule has 0 spiro atoms. The van der Waals surface area contributed by atoms with Crippen LogP contribution in [0.15, 0.2) is 10.5 Å². The summed E-state index contributed by atoms with van der Waals surface area (Å²) in [4.78, 5) is 3.74. The van der Waals surface area contributed by atoms with Gasteiger partial charge in [-0.25, -0.2) is 0 Å². The van der Waals surface area contributed by atoms with Crippen molar-refractivity contribution in [2.75, 3.05) is 5.43 Å². The number of nitrogens with zero attached hydrogens (tertiary/aromatic N) is 2. The van der Waals surface area contributed by atoms with E-state index in [1.165, 1.54) is 11.3 Å². The van der Waals surface area contributed by atoms with Crippen LogP contribution in [0.1, 0.15) is 13.8 Å². The summed E-state index contributed by atoms with van der Waals surface area (Å²) in [7, 11) is 0. The summed E-state index contributed by atoms with van der Waals surface area (Å²) in [5.74, 6) is 0.0291. The molecule has 0 radical (unpaired) electrons. The highest BCUT2D eigenvalue weighted by Crippen LogP contribution is 2.18. The molecule has 1 rings (SSSR count). The standard InChI is InChI=1S/C6H9N3OS/c1-4(2)8-9-6-7-5(10)3-11-6/h3,10H,1-2H3,(H,7,9). The van der Waals surface area contributed by atoms with E-state index >= 15 is 0 Å². The Kier molecular flexibility index (Phi) is 2.43. The van der Waals surface area contributed by atoms with E-state index in [9.17, 15) is 0 Å². The molecule has 2 N–H and O–H groups in total. The van der Waals surface area contributed by atoms with Crippen LogP contribution in [-0.2, 0) is 0 Å². The lowest BCUT2D eigenvalue weighted by Gasteiger charge is -1.92. The number of aromatic hydroxyl groups is 1. The summed E-state index contributed by atoms with van der Waals surface area (Å²) in [6.07, 6.45) is 0. The molecule has 0 atom stereocenters. The number of rotatable bonds is 2. The van der Waals surface area contributed by atoms with Crippen LogP contribution in [0.25, 0.3) is 0 Å². The fraction of sp³-hybridized carbons (Fsp3) is 0.333. The molecule has 60 valence electrons. The van der Waals surface area contributed by atoms with Gasteiger partial charge in [-0.3, -0.25) is 5.43 Å². The second-order valence-electron chi connectivity index (χ2n) is 2.18. The first-order valence-electron chi connectivity index (χ1n) is 3.10. The largest absolute Gasteiger partial charge is 0.493 e. The first kappa shape index (κ1) is 8.00. The van der Waals surface area contributed by atoms with Gasteiger partial charge in [0, 0.05) is 5.71 Å². The highest BCUT2D eigenvalue weighted by atomic mass is 32.1. The molecule has 5 heteroatoms. The predicted octanol–water partition coefficient (Wildman–Crippen LogP) is 1.66. The molecule has 0 saturated carbocycles. The van der Waals surface area contributed by atoms with Crippen molar-refractivity contribution in [2.24, 2.45) is 5.10 Å². The van der Waals surface area contributed by atoms with Crippen molar-refractivity contribution in [2.45, 2.75) is 13.8 Å². The Morgan fingerprint density at radius 3 is 2.91 bits per heavy atom. The van der Waals surface area contributed by atoms with Gasteiger partial charge in [0.25, 0.3) is 0 Å². The second-order valence-corrected chi connectivity index (χ2v) is 3.04. The zero-order valence-electron chi connectivity index (χ0n) is 6.33. The quantitative estimate of drug-likeness (QED) is 0.525. The molecular formula is C6H9N3OS. The Morgan fingerprint density at radius 1 is 1.73 bits per heavy atom. The van der Waals surface area contributed by atoms with Gasteiger partial charge in [-0.15, -0.1) is 0 Å². The minimum atomic E-state index is 0.0291. The van der Waals surface area contributed by atoms with Crippen LogP contribution >= 0.6 is 11.3 Å². The maximum Gasteiger partial charge on any atom is 0.223 e. The minimum Gasteiger partial charge on any atom is -0.493 e. The first-order chi connectivity index (χ1) is 5.18. The molecule has 0 bridgehead atoms. The van der Waals surface area contributed by atoms with Crippen molar-refractivity contribution in [3.63, 3.8) is 0 Å². The van der Waals surface area contributed by atoms with E-state index in [2.05, 4.69) is 15.5 Å². The van der Waals surface area contributed by atoms with Gasteiger partial charge in [-0.1, -0.05) is 11.3 Å². The van der Waals surface area contributed by atoms with Crippen LogP contribution in [-0.4, -0.2) is 15.8 Å². The van der Waals surface area contributed by atoms with Crippen LogP contribution in [0.3, 0.4) is 0 Å². The summed E-state index contributed by atoms with van der Waals surface area (Å²) in [6, 6.07) is 0. The van der Waals surface area contributed by atoms with Gasteiger partial charge >= 0.3 is 0 Å². The van der Waals surface area contributed by atoms with Gasteiger partial charge in [0.2, 0.25) is 11.0 Å². The van der Waals surface area contributed by atoms with E-state index in [0.29, 0.717) is 5.13 Å². The molecule has 0 amide bonds. The fourth-order valence-corrected chi connectivity index (χ4v) is 0.991. The SMILES string of the molecule is CC(C)=NNc1nc(O)cs1.